The van der Waals surface area contributed by atoms with Crippen molar-refractivity contribution in [2.75, 3.05) is 0 Å². The quantitative estimate of drug-likeness (QED) is 0.471. The van der Waals surface area contributed by atoms with Gasteiger partial charge in [-0.15, -0.1) is 12.6 Å². The van der Waals surface area contributed by atoms with Crippen molar-refractivity contribution in [1.82, 2.24) is 0 Å². The largest absolute Gasteiger partial charge is 0.382 e. The zero-order valence-corrected chi connectivity index (χ0v) is 9.79. The van der Waals surface area contributed by atoms with Gasteiger partial charge in [0.25, 0.3) is 0 Å². The summed E-state index contributed by atoms with van der Waals surface area (Å²) in [5, 5.41) is 10.00. The second-order valence-electron chi connectivity index (χ2n) is 4.23. The molecule has 0 aliphatic carbocycles. The van der Waals surface area contributed by atoms with Crippen LogP contribution in [0.2, 0.25) is 0 Å². The lowest BCUT2D eigenvalue weighted by Crippen LogP contribution is -2.38. The SMILES string of the molecule is O=C(c1ccccc1)C(O)[C@H]1O[C@@H](S)[C@H]2O[C@@H]21. The minimum atomic E-state index is -1.19. The van der Waals surface area contributed by atoms with Crippen molar-refractivity contribution < 1.29 is 19.4 Å². The third-order valence-corrected chi connectivity index (χ3v) is 3.52. The molecule has 2 aliphatic rings. The molecule has 5 atom stereocenters. The molecule has 90 valence electrons. The molecule has 0 amide bonds. The Balaban J connectivity index is 1.75. The molecule has 3 rings (SSSR count). The molecule has 0 bridgehead atoms. The molecule has 2 heterocycles. The number of hydrogen-bond donors (Lipinski definition) is 2. The monoisotopic (exact) mass is 252 g/mol. The van der Waals surface area contributed by atoms with Gasteiger partial charge in [-0.05, 0) is 0 Å². The number of hydrogen-bond acceptors (Lipinski definition) is 5. The van der Waals surface area contributed by atoms with Gasteiger partial charge in [0.05, 0.1) is 0 Å². The van der Waals surface area contributed by atoms with Gasteiger partial charge in [0.2, 0.25) is 0 Å². The summed E-state index contributed by atoms with van der Waals surface area (Å²) < 4.78 is 10.7. The van der Waals surface area contributed by atoms with Crippen LogP contribution in [0.15, 0.2) is 30.3 Å². The maximum Gasteiger partial charge on any atom is 0.194 e. The van der Waals surface area contributed by atoms with E-state index in [-0.39, 0.29) is 23.4 Å². The number of Topliss-reactive ketones (excluding diaryl/α,β-unsaturated/α-hetero) is 1. The number of aliphatic hydroxyl groups excluding tert-OH is 1. The number of thiol groups is 1. The molecule has 0 aromatic heterocycles. The molecule has 1 unspecified atom stereocenters. The van der Waals surface area contributed by atoms with E-state index in [0.29, 0.717) is 5.56 Å². The Bertz CT molecular complexity index is 435. The van der Waals surface area contributed by atoms with Crippen molar-refractivity contribution >= 4 is 18.4 Å². The van der Waals surface area contributed by atoms with Crippen molar-refractivity contribution in [3.8, 4) is 0 Å². The molecule has 1 aromatic carbocycles. The summed E-state index contributed by atoms with van der Waals surface area (Å²) in [6, 6.07) is 8.67. The van der Waals surface area contributed by atoms with Gasteiger partial charge in [-0.3, -0.25) is 4.79 Å². The Morgan fingerprint density at radius 1 is 1.24 bits per heavy atom. The first-order valence-electron chi connectivity index (χ1n) is 5.45. The minimum absolute atomic E-state index is 0.0819. The third-order valence-electron chi connectivity index (χ3n) is 3.10. The van der Waals surface area contributed by atoms with Crippen LogP contribution < -0.4 is 0 Å². The summed E-state index contributed by atoms with van der Waals surface area (Å²) in [6.45, 7) is 0. The van der Waals surface area contributed by atoms with E-state index in [2.05, 4.69) is 12.6 Å². The molecule has 2 saturated heterocycles. The molecule has 4 nitrogen and oxygen atoms in total. The average molecular weight is 252 g/mol. The maximum atomic E-state index is 12.0. The molecular formula is C12H12O4S. The van der Waals surface area contributed by atoms with Gasteiger partial charge in [0, 0.05) is 5.56 Å². The molecule has 0 radical (unpaired) electrons. The number of rotatable bonds is 3. The molecule has 5 heteroatoms. The summed E-state index contributed by atoms with van der Waals surface area (Å²) in [4.78, 5) is 12.0. The van der Waals surface area contributed by atoms with Crippen LogP contribution in [0.3, 0.4) is 0 Å². The van der Waals surface area contributed by atoms with Gasteiger partial charge in [-0.1, -0.05) is 30.3 Å². The average Bonchev–Trinajstić information content (AvgIpc) is 3.09. The van der Waals surface area contributed by atoms with Gasteiger partial charge >= 0.3 is 0 Å². The van der Waals surface area contributed by atoms with Gasteiger partial charge < -0.3 is 14.6 Å². The lowest BCUT2D eigenvalue weighted by molar-refractivity contribution is -0.0466. The highest BCUT2D eigenvalue weighted by Gasteiger charge is 2.60. The fourth-order valence-corrected chi connectivity index (χ4v) is 2.50. The summed E-state index contributed by atoms with van der Waals surface area (Å²) in [5.41, 5.74) is 0.131. The number of ketones is 1. The normalized spacial score (nSPS) is 36.4. The van der Waals surface area contributed by atoms with Gasteiger partial charge in [-0.25, -0.2) is 0 Å². The minimum Gasteiger partial charge on any atom is -0.382 e. The van der Waals surface area contributed by atoms with Crippen molar-refractivity contribution in [1.29, 1.82) is 0 Å². The van der Waals surface area contributed by atoms with Gasteiger partial charge in [0.15, 0.2) is 5.78 Å². The van der Waals surface area contributed by atoms with Gasteiger partial charge in [0.1, 0.15) is 29.9 Å². The zero-order chi connectivity index (χ0) is 12.0. The first kappa shape index (κ1) is 11.2. The van der Waals surface area contributed by atoms with Crippen LogP contribution in [0.1, 0.15) is 10.4 Å². The van der Waals surface area contributed by atoms with Crippen LogP contribution in [0, 0.1) is 0 Å². The first-order valence-corrected chi connectivity index (χ1v) is 5.96. The van der Waals surface area contributed by atoms with E-state index >= 15 is 0 Å². The summed E-state index contributed by atoms with van der Waals surface area (Å²) in [5.74, 6) is -0.340. The number of ether oxygens (including phenoxy) is 2. The van der Waals surface area contributed by atoms with E-state index in [0.717, 1.165) is 0 Å². The first-order chi connectivity index (χ1) is 8.18. The Labute approximate surface area is 104 Å². The summed E-state index contributed by atoms with van der Waals surface area (Å²) >= 11 is 4.17. The highest BCUT2D eigenvalue weighted by atomic mass is 32.1. The third kappa shape index (κ3) is 1.89. The molecule has 2 aliphatic heterocycles. The van der Waals surface area contributed by atoms with Crippen LogP contribution in [0.4, 0.5) is 0 Å². The molecular weight excluding hydrogens is 240 g/mol. The number of benzene rings is 1. The predicted octanol–water partition coefficient (Wildman–Crippen LogP) is 0.652. The molecule has 0 spiro atoms. The Morgan fingerprint density at radius 2 is 1.94 bits per heavy atom. The summed E-state index contributed by atoms with van der Waals surface area (Å²) in [6.07, 6.45) is -2.07. The smallest absolute Gasteiger partial charge is 0.194 e. The van der Waals surface area contributed by atoms with E-state index in [4.69, 9.17) is 9.47 Å². The van der Waals surface area contributed by atoms with Crippen molar-refractivity contribution in [2.45, 2.75) is 29.9 Å². The number of aliphatic hydroxyl groups is 1. The Kier molecular flexibility index (Phi) is 2.71. The fraction of sp³-hybridized carbons (Fsp3) is 0.417. The van der Waals surface area contributed by atoms with E-state index in [9.17, 15) is 9.90 Å². The predicted molar refractivity (Wildman–Crippen MR) is 63.1 cm³/mol. The zero-order valence-electron chi connectivity index (χ0n) is 8.89. The fourth-order valence-electron chi connectivity index (χ4n) is 2.12. The maximum absolute atomic E-state index is 12.0. The number of carbonyl (C=O) groups is 1. The van der Waals surface area contributed by atoms with Gasteiger partial charge in [-0.2, -0.15) is 0 Å². The van der Waals surface area contributed by atoms with Crippen molar-refractivity contribution in [3.63, 3.8) is 0 Å². The number of carbonyl (C=O) groups excluding carboxylic acids is 1. The standard InChI is InChI=1S/C12H12O4S/c13-7(6-4-2-1-3-5-6)8(14)9-10-11(15-10)12(17)16-9/h1-5,8-12,14,17H/t8?,9-,10-,11+,12+/m1/s1. The van der Waals surface area contributed by atoms with Crippen LogP contribution in [0.5, 0.6) is 0 Å². The van der Waals surface area contributed by atoms with E-state index < -0.39 is 12.2 Å². The molecule has 2 fully saturated rings. The number of fused-ring (bicyclic) bond motifs is 1. The second-order valence-corrected chi connectivity index (χ2v) is 4.74. The Hall–Kier alpha value is -0.880. The van der Waals surface area contributed by atoms with Crippen molar-refractivity contribution in [2.24, 2.45) is 0 Å². The molecule has 17 heavy (non-hydrogen) atoms. The van der Waals surface area contributed by atoms with E-state index in [1.54, 1.807) is 24.3 Å². The highest BCUT2D eigenvalue weighted by Crippen LogP contribution is 2.42. The Morgan fingerprint density at radius 3 is 2.47 bits per heavy atom. The van der Waals surface area contributed by atoms with Crippen molar-refractivity contribution in [3.05, 3.63) is 35.9 Å². The van der Waals surface area contributed by atoms with E-state index in [1.807, 2.05) is 6.07 Å². The van der Waals surface area contributed by atoms with Crippen LogP contribution in [-0.4, -0.2) is 40.7 Å². The van der Waals surface area contributed by atoms with Crippen LogP contribution in [-0.2, 0) is 9.47 Å². The van der Waals surface area contributed by atoms with Crippen LogP contribution in [0.25, 0.3) is 0 Å². The number of epoxide rings is 1. The van der Waals surface area contributed by atoms with Crippen LogP contribution >= 0.6 is 12.6 Å². The second kappa shape index (κ2) is 4.10. The molecule has 1 aromatic rings. The molecule has 1 N–H and O–H groups in total. The summed E-state index contributed by atoms with van der Waals surface area (Å²) in [7, 11) is 0. The van der Waals surface area contributed by atoms with E-state index in [1.165, 1.54) is 0 Å². The molecule has 0 saturated carbocycles. The lowest BCUT2D eigenvalue weighted by atomic mass is 10.0. The lowest BCUT2D eigenvalue weighted by Gasteiger charge is -2.19. The topological polar surface area (TPSA) is 59.1 Å². The highest BCUT2D eigenvalue weighted by molar-refractivity contribution is 7.80.